The molecule has 2 atom stereocenters. The smallest absolute Gasteiger partial charge is 0.514 e. The molecule has 6 aromatic rings. The van der Waals surface area contributed by atoms with Crippen molar-refractivity contribution in [1.29, 1.82) is 0 Å². The average molecular weight is 812 g/mol. The summed E-state index contributed by atoms with van der Waals surface area (Å²) in [6.45, 7) is 15.5. The van der Waals surface area contributed by atoms with Gasteiger partial charge in [-0.25, -0.2) is 4.98 Å². The zero-order chi connectivity index (χ0) is 32.4. The largest absolute Gasteiger partial charge is 2.00 e. The standard InChI is InChI=1S/C41H36N4O2.Pt/c1-22-13-30-29-9-8-10-31-37(29)45(38(30)43-19-22)33-18-34(23(2)14-32(33)41(31,6)7)46-27-16-25(20-42-21-27)39-44-36-28-12-11-26(40(3,4)5)15-24(28)17-35(36)47-39;/h8-15,19-21,35-36H,17H2,1-7H3;/q-2;+2/t35-,36+;/m0./s1. The predicted octanol–water partition coefficient (Wildman–Crippen LogP) is 8.96. The molecule has 242 valence electrons. The molecule has 6 nitrogen and oxygen atoms in total. The summed E-state index contributed by atoms with van der Waals surface area (Å²) >= 11 is 0. The van der Waals surface area contributed by atoms with Gasteiger partial charge in [-0.15, -0.1) is 17.2 Å². The minimum atomic E-state index is -0.232. The number of para-hydroxylation sites is 1. The van der Waals surface area contributed by atoms with Gasteiger partial charge in [-0.1, -0.05) is 101 Å². The monoisotopic (exact) mass is 811 g/mol. The van der Waals surface area contributed by atoms with Gasteiger partial charge >= 0.3 is 21.1 Å². The molecule has 0 amide bonds. The van der Waals surface area contributed by atoms with Crippen molar-refractivity contribution >= 4 is 27.8 Å². The molecule has 3 aromatic heterocycles. The topological polar surface area (TPSA) is 61.5 Å². The average Bonchev–Trinajstić information content (AvgIpc) is 3.70. The number of hydrogen-bond donors (Lipinski definition) is 0. The molecule has 0 saturated heterocycles. The van der Waals surface area contributed by atoms with Crippen molar-refractivity contribution in [2.24, 2.45) is 4.99 Å². The normalized spacial score (nSPS) is 18.5. The van der Waals surface area contributed by atoms with Crippen molar-refractivity contribution in [3.05, 3.63) is 124 Å². The second-order valence-electron chi connectivity index (χ2n) is 14.9. The van der Waals surface area contributed by atoms with E-state index in [1.165, 1.54) is 38.7 Å². The Bertz CT molecular complexity index is 2350. The summed E-state index contributed by atoms with van der Waals surface area (Å²) in [5.41, 5.74) is 12.1. The number of aliphatic imine (C=N–C) groups is 1. The van der Waals surface area contributed by atoms with E-state index in [-0.39, 0.29) is 44.0 Å². The third kappa shape index (κ3) is 4.52. The molecule has 0 saturated carbocycles. The van der Waals surface area contributed by atoms with E-state index in [2.05, 4.69) is 119 Å². The Hall–Kier alpha value is -4.28. The first kappa shape index (κ1) is 31.0. The van der Waals surface area contributed by atoms with Crippen molar-refractivity contribution < 1.29 is 30.5 Å². The number of aromatic nitrogens is 3. The fourth-order valence-electron chi connectivity index (χ4n) is 7.70. The maximum Gasteiger partial charge on any atom is 2.00 e. The zero-order valence-electron chi connectivity index (χ0n) is 28.1. The van der Waals surface area contributed by atoms with Crippen molar-refractivity contribution in [3.8, 4) is 17.2 Å². The van der Waals surface area contributed by atoms with Crippen LogP contribution in [0.5, 0.6) is 11.5 Å². The van der Waals surface area contributed by atoms with E-state index in [1.807, 2.05) is 6.20 Å². The van der Waals surface area contributed by atoms with E-state index in [4.69, 9.17) is 19.5 Å². The molecule has 3 aromatic carbocycles. The van der Waals surface area contributed by atoms with Crippen LogP contribution in [0.4, 0.5) is 0 Å². The van der Waals surface area contributed by atoms with Gasteiger partial charge < -0.3 is 19.0 Å². The van der Waals surface area contributed by atoms with Crippen molar-refractivity contribution in [1.82, 2.24) is 14.5 Å². The van der Waals surface area contributed by atoms with Crippen LogP contribution in [0.3, 0.4) is 0 Å². The molecule has 0 bridgehead atoms. The van der Waals surface area contributed by atoms with Crippen LogP contribution < -0.4 is 4.74 Å². The fraction of sp³-hybridized carbons (Fsp3) is 0.293. The number of fused-ring (bicyclic) bond motifs is 8. The molecule has 0 unspecified atom stereocenters. The molecule has 1 aliphatic carbocycles. The van der Waals surface area contributed by atoms with Gasteiger partial charge in [0.1, 0.15) is 23.7 Å². The van der Waals surface area contributed by atoms with Gasteiger partial charge in [-0.3, -0.25) is 4.99 Å². The van der Waals surface area contributed by atoms with Gasteiger partial charge in [0, 0.05) is 29.1 Å². The molecule has 7 heteroatoms. The number of benzene rings is 3. The van der Waals surface area contributed by atoms with Crippen LogP contribution in [0, 0.1) is 26.0 Å². The van der Waals surface area contributed by atoms with Crippen molar-refractivity contribution in [2.45, 2.75) is 77.9 Å². The molecule has 0 N–H and O–H groups in total. The van der Waals surface area contributed by atoms with Gasteiger partial charge in [0.2, 0.25) is 0 Å². The first-order valence-electron chi connectivity index (χ1n) is 16.4. The van der Waals surface area contributed by atoms with E-state index in [9.17, 15) is 0 Å². The van der Waals surface area contributed by atoms with E-state index < -0.39 is 0 Å². The first-order chi connectivity index (χ1) is 22.5. The van der Waals surface area contributed by atoms with Gasteiger partial charge in [-0.05, 0) is 57.8 Å². The summed E-state index contributed by atoms with van der Waals surface area (Å²) in [6, 6.07) is 24.9. The number of hydrogen-bond acceptors (Lipinski definition) is 5. The van der Waals surface area contributed by atoms with Gasteiger partial charge in [0.15, 0.2) is 0 Å². The second-order valence-corrected chi connectivity index (χ2v) is 14.9. The van der Waals surface area contributed by atoms with Crippen LogP contribution >= 0.6 is 0 Å². The van der Waals surface area contributed by atoms with Crippen LogP contribution in [0.2, 0.25) is 0 Å². The number of rotatable bonds is 3. The Labute approximate surface area is 295 Å². The van der Waals surface area contributed by atoms with Crippen LogP contribution in [-0.4, -0.2) is 26.5 Å². The third-order valence-electron chi connectivity index (χ3n) is 10.3. The summed E-state index contributed by atoms with van der Waals surface area (Å²) in [5, 5.41) is 2.35. The maximum absolute atomic E-state index is 6.51. The Morgan fingerprint density at radius 3 is 2.60 bits per heavy atom. The molecule has 0 spiro atoms. The number of aryl methyl sites for hydroxylation is 2. The Kier molecular flexibility index (Phi) is 6.85. The second kappa shape index (κ2) is 10.6. The van der Waals surface area contributed by atoms with Crippen LogP contribution in [0.1, 0.15) is 85.2 Å². The molecule has 48 heavy (non-hydrogen) atoms. The Morgan fingerprint density at radius 2 is 1.79 bits per heavy atom. The van der Waals surface area contributed by atoms with Gasteiger partial charge in [-0.2, -0.15) is 6.07 Å². The summed E-state index contributed by atoms with van der Waals surface area (Å²) in [5.74, 6) is 1.69. The minimum absolute atomic E-state index is 0. The summed E-state index contributed by atoms with van der Waals surface area (Å²) in [4.78, 5) is 14.4. The van der Waals surface area contributed by atoms with Crippen LogP contribution in [-0.2, 0) is 43.1 Å². The van der Waals surface area contributed by atoms with Crippen LogP contribution in [0.15, 0.2) is 72.1 Å². The van der Waals surface area contributed by atoms with E-state index in [0.717, 1.165) is 34.3 Å². The van der Waals surface area contributed by atoms with Gasteiger partial charge in [0.05, 0.1) is 11.3 Å². The zero-order valence-corrected chi connectivity index (χ0v) is 30.4. The third-order valence-corrected chi connectivity index (χ3v) is 10.3. The molecule has 2 aliphatic heterocycles. The van der Waals surface area contributed by atoms with Crippen molar-refractivity contribution in [3.63, 3.8) is 0 Å². The predicted molar refractivity (Wildman–Crippen MR) is 185 cm³/mol. The van der Waals surface area contributed by atoms with E-state index >= 15 is 0 Å². The molecule has 0 fully saturated rings. The summed E-state index contributed by atoms with van der Waals surface area (Å²) in [6.07, 6.45) is 6.20. The maximum atomic E-state index is 6.51. The quantitative estimate of drug-likeness (QED) is 0.168. The molecule has 5 heterocycles. The summed E-state index contributed by atoms with van der Waals surface area (Å²) < 4.78 is 15.2. The molecule has 0 radical (unpaired) electrons. The SMILES string of the molecule is Cc1cnc2c(c1)c1cccc3c1n2-c1[c-]c(Oc2[c-]c(C4=N[C@@H]5c6ccc(C(C)(C)C)cc6C[C@@H]5O4)cnc2)c(C)cc1C3(C)C.[Pt+2]. The fourth-order valence-corrected chi connectivity index (χ4v) is 7.70. The van der Waals surface area contributed by atoms with Crippen LogP contribution in [0.25, 0.3) is 27.6 Å². The summed E-state index contributed by atoms with van der Waals surface area (Å²) in [7, 11) is 0. The van der Waals surface area contributed by atoms with E-state index in [0.29, 0.717) is 23.0 Å². The Balaban J connectivity index is 0.00000336. The molecule has 3 aliphatic rings. The molecular formula is C41H36N4O2Pt. The number of nitrogens with zero attached hydrogens (tertiary/aromatic N) is 4. The number of ether oxygens (including phenoxy) is 2. The molecule has 9 rings (SSSR count). The Morgan fingerprint density at radius 1 is 0.958 bits per heavy atom. The number of pyridine rings is 2. The first-order valence-corrected chi connectivity index (χ1v) is 16.4. The van der Waals surface area contributed by atoms with Crippen molar-refractivity contribution in [2.75, 3.05) is 0 Å². The minimum Gasteiger partial charge on any atom is -0.514 e. The van der Waals surface area contributed by atoms with Gasteiger partial charge in [0.25, 0.3) is 0 Å². The van der Waals surface area contributed by atoms with E-state index in [1.54, 1.807) is 12.4 Å². The molecular weight excluding hydrogens is 776 g/mol.